The van der Waals surface area contributed by atoms with Crippen molar-refractivity contribution in [1.82, 2.24) is 4.90 Å². The number of ether oxygens (including phenoxy) is 2. The molecule has 0 saturated carbocycles. The molecular weight excluding hydrogens is 430 g/mol. The number of epoxide rings is 1. The molecule has 2 aliphatic rings. The van der Waals surface area contributed by atoms with E-state index in [2.05, 4.69) is 69.3 Å². The SMILES string of the molecule is CC(C)(C)OC(=O)N1C[C@]2(CO2)C[C@@H]1CO[Si](c1ccccc1)(c1ccccc1)C(C)(C)C. The summed E-state index contributed by atoms with van der Waals surface area (Å²) in [5, 5.41) is 2.37. The van der Waals surface area contributed by atoms with Crippen molar-refractivity contribution in [2.24, 2.45) is 0 Å². The van der Waals surface area contributed by atoms with Gasteiger partial charge in [0.2, 0.25) is 0 Å². The van der Waals surface area contributed by atoms with Gasteiger partial charge in [-0.2, -0.15) is 0 Å². The van der Waals surface area contributed by atoms with Gasteiger partial charge in [0.25, 0.3) is 8.32 Å². The molecule has 0 bridgehead atoms. The number of amides is 1. The molecule has 2 aliphatic heterocycles. The van der Waals surface area contributed by atoms with Gasteiger partial charge in [-0.25, -0.2) is 4.79 Å². The number of carbonyl (C=O) groups is 1. The van der Waals surface area contributed by atoms with Crippen LogP contribution >= 0.6 is 0 Å². The molecule has 0 unspecified atom stereocenters. The number of nitrogens with zero attached hydrogens (tertiary/aromatic N) is 1. The molecular formula is C27H37NO4Si. The summed E-state index contributed by atoms with van der Waals surface area (Å²) < 4.78 is 18.6. The van der Waals surface area contributed by atoms with Crippen LogP contribution in [0.4, 0.5) is 4.79 Å². The molecule has 2 aromatic rings. The summed E-state index contributed by atoms with van der Waals surface area (Å²) in [5.74, 6) is 0. The van der Waals surface area contributed by atoms with E-state index < -0.39 is 13.9 Å². The van der Waals surface area contributed by atoms with Crippen molar-refractivity contribution in [2.45, 2.75) is 70.2 Å². The summed E-state index contributed by atoms with van der Waals surface area (Å²) in [6.45, 7) is 14.2. The molecule has 4 rings (SSSR count). The molecule has 2 atom stereocenters. The van der Waals surface area contributed by atoms with Gasteiger partial charge in [-0.3, -0.25) is 4.90 Å². The molecule has 0 N–H and O–H groups in total. The van der Waals surface area contributed by atoms with Crippen LogP contribution in [-0.2, 0) is 13.9 Å². The first-order chi connectivity index (χ1) is 15.5. The number of benzene rings is 2. The van der Waals surface area contributed by atoms with Crippen molar-refractivity contribution in [3.63, 3.8) is 0 Å². The average Bonchev–Trinajstić information content (AvgIpc) is 3.39. The fourth-order valence-electron chi connectivity index (χ4n) is 5.02. The second kappa shape index (κ2) is 8.57. The lowest BCUT2D eigenvalue weighted by atomic mass is 10.1. The Morgan fingerprint density at radius 1 is 1.00 bits per heavy atom. The van der Waals surface area contributed by atoms with Crippen molar-refractivity contribution in [2.75, 3.05) is 19.8 Å². The molecule has 178 valence electrons. The highest BCUT2D eigenvalue weighted by molar-refractivity contribution is 6.99. The molecule has 2 aromatic carbocycles. The number of hydrogen-bond donors (Lipinski definition) is 0. The van der Waals surface area contributed by atoms with E-state index in [9.17, 15) is 4.79 Å². The van der Waals surface area contributed by atoms with Crippen LogP contribution in [0.5, 0.6) is 0 Å². The lowest BCUT2D eigenvalue weighted by Gasteiger charge is -2.44. The molecule has 1 spiro atoms. The van der Waals surface area contributed by atoms with E-state index in [0.29, 0.717) is 19.8 Å². The van der Waals surface area contributed by atoms with E-state index in [-0.39, 0.29) is 22.8 Å². The van der Waals surface area contributed by atoms with Crippen LogP contribution in [0, 0.1) is 0 Å². The molecule has 0 radical (unpaired) electrons. The van der Waals surface area contributed by atoms with Crippen molar-refractivity contribution in [3.8, 4) is 0 Å². The van der Waals surface area contributed by atoms with E-state index >= 15 is 0 Å². The zero-order valence-corrected chi connectivity index (χ0v) is 21.8. The molecule has 0 aliphatic carbocycles. The van der Waals surface area contributed by atoms with Gasteiger partial charge >= 0.3 is 6.09 Å². The molecule has 0 aromatic heterocycles. The van der Waals surface area contributed by atoms with Crippen LogP contribution < -0.4 is 10.4 Å². The summed E-state index contributed by atoms with van der Waals surface area (Å²) in [4.78, 5) is 14.9. The first kappa shape index (κ1) is 24.0. The Hall–Kier alpha value is -2.15. The van der Waals surface area contributed by atoms with Crippen LogP contribution in [0.25, 0.3) is 0 Å². The van der Waals surface area contributed by atoms with E-state index in [1.807, 2.05) is 37.8 Å². The molecule has 2 heterocycles. The van der Waals surface area contributed by atoms with E-state index in [4.69, 9.17) is 13.9 Å². The number of rotatable bonds is 5. The van der Waals surface area contributed by atoms with Gasteiger partial charge in [0, 0.05) is 6.42 Å². The Morgan fingerprint density at radius 2 is 1.52 bits per heavy atom. The van der Waals surface area contributed by atoms with E-state index in [1.165, 1.54) is 10.4 Å². The molecule has 6 heteroatoms. The standard InChI is InChI=1S/C27H37NO4Si/c1-25(2,3)32-24(29)28-19-27(20-30-27)17-21(28)18-31-33(26(4,5)6,22-13-9-7-10-14-22)23-15-11-8-12-16-23/h7-16,21H,17-20H2,1-6H3/t21-,27+/m1/s1. The van der Waals surface area contributed by atoms with Gasteiger partial charge in [-0.1, -0.05) is 81.4 Å². The Balaban J connectivity index is 1.67. The normalized spacial score (nSPS) is 23.1. The first-order valence-corrected chi connectivity index (χ1v) is 13.8. The first-order valence-electron chi connectivity index (χ1n) is 11.8. The van der Waals surface area contributed by atoms with Crippen molar-refractivity contribution in [3.05, 3.63) is 60.7 Å². The monoisotopic (exact) mass is 467 g/mol. The lowest BCUT2D eigenvalue weighted by Crippen LogP contribution is -2.67. The minimum atomic E-state index is -2.67. The highest BCUT2D eigenvalue weighted by atomic mass is 28.4. The Morgan fingerprint density at radius 3 is 1.94 bits per heavy atom. The smallest absolute Gasteiger partial charge is 0.410 e. The summed E-state index contributed by atoms with van der Waals surface area (Å²) in [5.41, 5.74) is -0.767. The maximum atomic E-state index is 13.1. The summed E-state index contributed by atoms with van der Waals surface area (Å²) in [6, 6.07) is 21.1. The van der Waals surface area contributed by atoms with Gasteiger partial charge in [0.15, 0.2) is 0 Å². The van der Waals surface area contributed by atoms with E-state index in [1.54, 1.807) is 0 Å². The van der Waals surface area contributed by atoms with Crippen LogP contribution in [0.15, 0.2) is 60.7 Å². The predicted octanol–water partition coefficient (Wildman–Crippen LogP) is 4.34. The third kappa shape index (κ3) is 4.88. The second-order valence-corrected chi connectivity index (χ2v) is 15.7. The van der Waals surface area contributed by atoms with Gasteiger partial charge in [0.1, 0.15) is 11.2 Å². The van der Waals surface area contributed by atoms with Gasteiger partial charge in [-0.05, 0) is 36.2 Å². The largest absolute Gasteiger partial charge is 0.444 e. The Kier molecular flexibility index (Phi) is 6.23. The van der Waals surface area contributed by atoms with Gasteiger partial charge in [-0.15, -0.1) is 0 Å². The fourth-order valence-corrected chi connectivity index (χ4v) is 9.62. The minimum absolute atomic E-state index is 0.0796. The van der Waals surface area contributed by atoms with Crippen molar-refractivity contribution < 1.29 is 18.7 Å². The fraction of sp³-hybridized carbons (Fsp3) is 0.519. The Labute approximate surface area is 199 Å². The zero-order chi connectivity index (χ0) is 23.9. The molecule has 33 heavy (non-hydrogen) atoms. The number of hydrogen-bond acceptors (Lipinski definition) is 4. The number of likely N-dealkylation sites (tertiary alicyclic amines) is 1. The summed E-state index contributed by atoms with van der Waals surface area (Å²) in [6.07, 6.45) is 0.496. The predicted molar refractivity (Wildman–Crippen MR) is 134 cm³/mol. The minimum Gasteiger partial charge on any atom is -0.444 e. The van der Waals surface area contributed by atoms with Gasteiger partial charge in [0.05, 0.1) is 25.8 Å². The molecule has 5 nitrogen and oxygen atoms in total. The highest BCUT2D eigenvalue weighted by Gasteiger charge is 2.57. The van der Waals surface area contributed by atoms with Gasteiger partial charge < -0.3 is 13.9 Å². The molecule has 2 fully saturated rings. The maximum absolute atomic E-state index is 13.1. The summed E-state index contributed by atoms with van der Waals surface area (Å²) >= 11 is 0. The summed E-state index contributed by atoms with van der Waals surface area (Å²) in [7, 11) is -2.67. The van der Waals surface area contributed by atoms with Crippen molar-refractivity contribution in [1.29, 1.82) is 0 Å². The topological polar surface area (TPSA) is 51.3 Å². The Bertz CT molecular complexity index is 922. The van der Waals surface area contributed by atoms with Crippen molar-refractivity contribution >= 4 is 24.8 Å². The number of carbonyl (C=O) groups excluding carboxylic acids is 1. The van der Waals surface area contributed by atoms with E-state index in [0.717, 1.165) is 6.42 Å². The zero-order valence-electron chi connectivity index (χ0n) is 20.8. The molecule has 2 saturated heterocycles. The van der Waals surface area contributed by atoms with Crippen LogP contribution in [0.3, 0.4) is 0 Å². The highest BCUT2D eigenvalue weighted by Crippen LogP contribution is 2.42. The molecule has 1 amide bonds. The lowest BCUT2D eigenvalue weighted by molar-refractivity contribution is 0.0177. The average molecular weight is 468 g/mol. The third-order valence-corrected chi connectivity index (χ3v) is 11.6. The van der Waals surface area contributed by atoms with Crippen LogP contribution in [0.2, 0.25) is 5.04 Å². The quantitative estimate of drug-likeness (QED) is 0.485. The maximum Gasteiger partial charge on any atom is 0.410 e. The van der Waals surface area contributed by atoms with Crippen LogP contribution in [0.1, 0.15) is 48.0 Å². The van der Waals surface area contributed by atoms with Crippen LogP contribution in [-0.4, -0.2) is 56.3 Å². The third-order valence-electron chi connectivity index (χ3n) is 6.60. The second-order valence-electron chi connectivity index (χ2n) is 11.4.